The Morgan fingerprint density at radius 3 is 2.17 bits per heavy atom. The van der Waals surface area contributed by atoms with Gasteiger partial charge in [-0.1, -0.05) is 20.8 Å². The van der Waals surface area contributed by atoms with Crippen LogP contribution >= 0.6 is 11.3 Å². The first-order valence-corrected chi connectivity index (χ1v) is 7.55. The molecule has 0 aliphatic carbocycles. The van der Waals surface area contributed by atoms with Crippen LogP contribution < -0.4 is 9.47 Å². The fourth-order valence-electron chi connectivity index (χ4n) is 2.04. The fraction of sp³-hybridized carbons (Fsp3) is 0.733. The molecule has 2 rings (SSSR count). The van der Waals surface area contributed by atoms with Crippen LogP contribution in [0, 0.1) is 12.3 Å². The first-order chi connectivity index (χ1) is 8.28. The van der Waals surface area contributed by atoms with Crippen molar-refractivity contribution in [3.05, 3.63) is 9.75 Å². The molecule has 3 heteroatoms. The van der Waals surface area contributed by atoms with Gasteiger partial charge in [-0.3, -0.25) is 0 Å². The molecule has 0 N–H and O–H groups in total. The number of hydrogen-bond donors (Lipinski definition) is 0. The third-order valence-corrected chi connectivity index (χ3v) is 4.55. The Hall–Kier alpha value is -0.700. The highest BCUT2D eigenvalue weighted by Gasteiger charge is 2.30. The van der Waals surface area contributed by atoms with E-state index in [1.54, 1.807) is 0 Å². The summed E-state index contributed by atoms with van der Waals surface area (Å²) in [7, 11) is 0. The highest BCUT2D eigenvalue weighted by atomic mass is 32.1. The van der Waals surface area contributed by atoms with Crippen LogP contribution in [0.25, 0.3) is 0 Å². The minimum Gasteiger partial charge on any atom is -0.482 e. The van der Waals surface area contributed by atoms with Gasteiger partial charge in [0, 0.05) is 4.88 Å². The molecule has 0 saturated carbocycles. The summed E-state index contributed by atoms with van der Waals surface area (Å²) >= 11 is 1.82. The summed E-state index contributed by atoms with van der Waals surface area (Å²) in [5.41, 5.74) is 0.360. The van der Waals surface area contributed by atoms with Crippen LogP contribution in [0.5, 0.6) is 11.5 Å². The number of thiophene rings is 1. The minimum atomic E-state index is 0.139. The molecular formula is C15H24O2S. The smallest absolute Gasteiger partial charge is 0.175 e. The van der Waals surface area contributed by atoms with Crippen molar-refractivity contribution < 1.29 is 9.47 Å². The summed E-state index contributed by atoms with van der Waals surface area (Å²) in [6, 6.07) is 0. The van der Waals surface area contributed by atoms with Crippen molar-refractivity contribution in [1.82, 2.24) is 0 Å². The van der Waals surface area contributed by atoms with Crippen molar-refractivity contribution in [2.24, 2.45) is 5.41 Å². The van der Waals surface area contributed by atoms with Gasteiger partial charge in [-0.15, -0.1) is 11.3 Å². The van der Waals surface area contributed by atoms with Gasteiger partial charge in [0.25, 0.3) is 0 Å². The van der Waals surface area contributed by atoms with Crippen LogP contribution in [0.4, 0.5) is 0 Å². The molecule has 0 radical (unpaired) electrons. The molecule has 2 nitrogen and oxygen atoms in total. The zero-order valence-corrected chi connectivity index (χ0v) is 13.1. The molecule has 0 aromatic carbocycles. The third kappa shape index (κ3) is 2.82. The molecular weight excluding hydrogens is 244 g/mol. The summed E-state index contributed by atoms with van der Waals surface area (Å²) in [6.45, 7) is 13.1. The van der Waals surface area contributed by atoms with Crippen LogP contribution in [0.15, 0.2) is 0 Å². The Labute approximate surface area is 114 Å². The van der Waals surface area contributed by atoms with Crippen molar-refractivity contribution >= 4 is 11.3 Å². The lowest BCUT2D eigenvalue weighted by atomic mass is 9.90. The predicted octanol–water partition coefficient (Wildman–Crippen LogP) is 4.58. The average Bonchev–Trinajstić information content (AvgIpc) is 2.53. The van der Waals surface area contributed by atoms with Gasteiger partial charge in [-0.05, 0) is 39.0 Å². The molecule has 2 heterocycles. The molecule has 0 spiro atoms. The summed E-state index contributed by atoms with van der Waals surface area (Å²) in [6.07, 6.45) is 2.53. The van der Waals surface area contributed by atoms with Gasteiger partial charge >= 0.3 is 0 Å². The maximum Gasteiger partial charge on any atom is 0.175 e. The Kier molecular flexibility index (Phi) is 3.63. The largest absolute Gasteiger partial charge is 0.482 e. The molecule has 0 fully saturated rings. The summed E-state index contributed by atoms with van der Waals surface area (Å²) in [4.78, 5) is 2.59. The SMILES string of the molecule is Cc1sc(CCC(C)(C)C)c2c1OC(C)C(C)O2. The van der Waals surface area contributed by atoms with Gasteiger partial charge in [0.2, 0.25) is 0 Å². The molecule has 0 saturated heterocycles. The number of hydrogen-bond acceptors (Lipinski definition) is 3. The molecule has 1 aliphatic heterocycles. The van der Waals surface area contributed by atoms with Gasteiger partial charge in [-0.25, -0.2) is 0 Å². The highest BCUT2D eigenvalue weighted by molar-refractivity contribution is 7.12. The molecule has 0 amide bonds. The molecule has 18 heavy (non-hydrogen) atoms. The van der Waals surface area contributed by atoms with Gasteiger partial charge < -0.3 is 9.47 Å². The monoisotopic (exact) mass is 268 g/mol. The van der Waals surface area contributed by atoms with E-state index in [-0.39, 0.29) is 12.2 Å². The first kappa shape index (κ1) is 13.7. The van der Waals surface area contributed by atoms with E-state index in [9.17, 15) is 0 Å². The van der Waals surface area contributed by atoms with E-state index >= 15 is 0 Å². The standard InChI is InChI=1S/C15H24O2S/c1-9-10(2)17-14-12(7-8-15(4,5)6)18-11(3)13(14)16-9/h9-10H,7-8H2,1-6H3. The number of aryl methyl sites for hydroxylation is 2. The quantitative estimate of drug-likeness (QED) is 0.781. The topological polar surface area (TPSA) is 18.5 Å². The van der Waals surface area contributed by atoms with E-state index in [0.717, 1.165) is 17.9 Å². The molecule has 1 aromatic rings. The predicted molar refractivity (Wildman–Crippen MR) is 77.0 cm³/mol. The second kappa shape index (κ2) is 4.76. The summed E-state index contributed by atoms with van der Waals surface area (Å²) in [5.74, 6) is 1.99. The lowest BCUT2D eigenvalue weighted by Crippen LogP contribution is -2.35. The molecule has 1 aromatic heterocycles. The number of fused-ring (bicyclic) bond motifs is 1. The lowest BCUT2D eigenvalue weighted by molar-refractivity contribution is 0.0427. The second-order valence-corrected chi connectivity index (χ2v) is 7.76. The van der Waals surface area contributed by atoms with Crippen LogP contribution in [-0.2, 0) is 6.42 Å². The van der Waals surface area contributed by atoms with Crippen molar-refractivity contribution in [1.29, 1.82) is 0 Å². The second-order valence-electron chi connectivity index (χ2n) is 6.45. The van der Waals surface area contributed by atoms with E-state index in [2.05, 4.69) is 41.5 Å². The number of ether oxygens (including phenoxy) is 2. The minimum absolute atomic E-state index is 0.139. The molecule has 102 valence electrons. The van der Waals surface area contributed by atoms with Gasteiger partial charge in [0.1, 0.15) is 12.2 Å². The van der Waals surface area contributed by atoms with E-state index in [4.69, 9.17) is 9.47 Å². The van der Waals surface area contributed by atoms with E-state index in [1.807, 2.05) is 11.3 Å². The van der Waals surface area contributed by atoms with Crippen LogP contribution in [0.3, 0.4) is 0 Å². The zero-order valence-electron chi connectivity index (χ0n) is 12.3. The molecule has 2 atom stereocenters. The normalized spacial score (nSPS) is 23.2. The summed E-state index contributed by atoms with van der Waals surface area (Å²) < 4.78 is 12.0. The maximum atomic E-state index is 6.05. The molecule has 0 bridgehead atoms. The Morgan fingerprint density at radius 1 is 1.06 bits per heavy atom. The lowest BCUT2D eigenvalue weighted by Gasteiger charge is -2.29. The van der Waals surface area contributed by atoms with Crippen molar-refractivity contribution in [2.75, 3.05) is 0 Å². The average molecular weight is 268 g/mol. The Balaban J connectivity index is 2.21. The zero-order chi connectivity index (χ0) is 13.5. The van der Waals surface area contributed by atoms with Gasteiger partial charge in [0.05, 0.1) is 4.88 Å². The van der Waals surface area contributed by atoms with Crippen LogP contribution in [0.2, 0.25) is 0 Å². The highest BCUT2D eigenvalue weighted by Crippen LogP contribution is 2.46. The van der Waals surface area contributed by atoms with Crippen molar-refractivity contribution in [3.63, 3.8) is 0 Å². The Morgan fingerprint density at radius 2 is 1.61 bits per heavy atom. The van der Waals surface area contributed by atoms with Gasteiger partial charge in [-0.2, -0.15) is 0 Å². The van der Waals surface area contributed by atoms with Crippen LogP contribution in [-0.4, -0.2) is 12.2 Å². The molecule has 1 aliphatic rings. The Bertz CT molecular complexity index is 428. The molecule has 2 unspecified atom stereocenters. The summed E-state index contributed by atoms with van der Waals surface area (Å²) in [5, 5.41) is 0. The van der Waals surface area contributed by atoms with Crippen molar-refractivity contribution in [3.8, 4) is 11.5 Å². The van der Waals surface area contributed by atoms with E-state index in [0.29, 0.717) is 5.41 Å². The van der Waals surface area contributed by atoms with Crippen LogP contribution in [0.1, 0.15) is 50.8 Å². The van der Waals surface area contributed by atoms with Crippen molar-refractivity contribution in [2.45, 2.75) is 66.6 Å². The van der Waals surface area contributed by atoms with E-state index < -0.39 is 0 Å². The fourth-order valence-corrected chi connectivity index (χ4v) is 3.08. The van der Waals surface area contributed by atoms with E-state index in [1.165, 1.54) is 16.2 Å². The maximum absolute atomic E-state index is 6.05. The first-order valence-electron chi connectivity index (χ1n) is 6.73. The number of rotatable bonds is 2. The third-order valence-electron chi connectivity index (χ3n) is 3.43. The van der Waals surface area contributed by atoms with Gasteiger partial charge in [0.15, 0.2) is 11.5 Å².